The summed E-state index contributed by atoms with van der Waals surface area (Å²) >= 11 is 0. The Balaban J connectivity index is 0.000000249. The van der Waals surface area contributed by atoms with Gasteiger partial charge in [0.2, 0.25) is 11.9 Å². The summed E-state index contributed by atoms with van der Waals surface area (Å²) in [5, 5.41) is 98.4. The Hall–Kier alpha value is -3.86. The maximum Gasteiger partial charge on any atom is 0.472 e. The number of anilines is 2. The van der Waals surface area contributed by atoms with Crippen LogP contribution in [0.25, 0.3) is 22.3 Å². The van der Waals surface area contributed by atoms with Gasteiger partial charge in [0, 0.05) is 13.1 Å². The lowest BCUT2D eigenvalue weighted by molar-refractivity contribution is -0.299. The first-order chi connectivity index (χ1) is 42.4. The molecular weight excluding hydrogens is 1320 g/mol. The van der Waals surface area contributed by atoms with Crippen LogP contribution in [0.3, 0.4) is 0 Å². The first kappa shape index (κ1) is 77.8. The number of nitrogens with one attached hydrogen (secondary N) is 2. The van der Waals surface area contributed by atoms with Crippen LogP contribution in [0.1, 0.15) is 60.9 Å². The van der Waals surface area contributed by atoms with E-state index in [2.05, 4.69) is 73.5 Å². The number of nitrogens with zero attached hydrogens (tertiary/aromatic N) is 8. The van der Waals surface area contributed by atoms with Gasteiger partial charge in [0.05, 0.1) is 51.3 Å². The van der Waals surface area contributed by atoms with Crippen LogP contribution < -0.4 is 32.4 Å². The highest BCUT2D eigenvalue weighted by atomic mass is 31.3. The monoisotopic (exact) mass is 1390 g/mol. The first-order valence-corrected chi connectivity index (χ1v) is 33.7. The number of aliphatic hydroxyl groups is 10. The maximum atomic E-state index is 12.4. The minimum absolute atomic E-state index is 0.0173. The second kappa shape index (κ2) is 33.2. The van der Waals surface area contributed by atoms with Crippen molar-refractivity contribution in [1.82, 2.24) is 48.6 Å². The number of morpholine rings is 1. The molecule has 5 saturated heterocycles. The Kier molecular flexibility index (Phi) is 28.4. The van der Waals surface area contributed by atoms with Gasteiger partial charge < -0.3 is 120 Å². The fourth-order valence-electron chi connectivity index (χ4n) is 8.97. The highest BCUT2D eigenvalue weighted by molar-refractivity contribution is 7.59. The van der Waals surface area contributed by atoms with Crippen molar-refractivity contribution in [3.63, 3.8) is 0 Å². The molecule has 0 bridgehead atoms. The number of aromatic amines is 2. The highest BCUT2D eigenvalue weighted by Crippen LogP contribution is 2.57. The summed E-state index contributed by atoms with van der Waals surface area (Å²) in [7, 11) is -20.5. The third-order valence-electron chi connectivity index (χ3n) is 13.9. The molecule has 5 aliphatic rings. The van der Waals surface area contributed by atoms with Crippen molar-refractivity contribution in [2.45, 2.75) is 159 Å². The molecule has 0 spiro atoms. The molecule has 9 heterocycles. The van der Waals surface area contributed by atoms with E-state index < -0.39 is 166 Å². The number of H-pyrrole nitrogens is 2. The lowest BCUT2D eigenvalue weighted by Crippen LogP contribution is -2.57. The van der Waals surface area contributed by atoms with Gasteiger partial charge in [-0.2, -0.15) is 9.97 Å². The summed E-state index contributed by atoms with van der Waals surface area (Å²) < 4.78 is 98.5. The van der Waals surface area contributed by atoms with Gasteiger partial charge >= 0.3 is 15.6 Å². The van der Waals surface area contributed by atoms with Gasteiger partial charge in [0.1, 0.15) is 73.2 Å². The van der Waals surface area contributed by atoms with Gasteiger partial charge in [-0.15, -0.1) is 0 Å². The smallest absolute Gasteiger partial charge is 0.472 e. The fourth-order valence-corrected chi connectivity index (χ4v) is 12.7. The average molecular weight is 1400 g/mol. The van der Waals surface area contributed by atoms with E-state index in [0.717, 1.165) is 10.9 Å². The van der Waals surface area contributed by atoms with Crippen LogP contribution in [0.2, 0.25) is 0 Å². The third kappa shape index (κ3) is 20.1. The van der Waals surface area contributed by atoms with Crippen LogP contribution in [-0.4, -0.2) is 272 Å². The second-order valence-corrected chi connectivity index (χ2v) is 25.9. The van der Waals surface area contributed by atoms with Crippen LogP contribution in [0, 0.1) is 0 Å². The molecule has 4 aromatic rings. The SMILES string of the molecule is CC.CC1O[C@H](OP(=O)(O)O)C(O)[C@@H](O)[C@@H]1O.CC1O[C@H](OP(=O)([O-])OP(=O)([O-])OC[C@H]2O[C@@H](n3cnc4c(=O)[nH]c(N)nc43)C(O)[C@H]2O)C(O)[C@@H](O)[C@@H]1O.CCN(CC)CC.Nc1nc2c(ncn2[C@@H]2O[C@H](COP(=O)(O)N3CCOCC3)[C@H](O)C2O)c(=O)[nH]1. The standard InChI is InChI=1S/C16H25N5O15P2.C14H21N6O8P.C6H15N.C6H13O8P.C2H6/c1-4-7(22)9(24)11(26)15(33-4)35-38(30,31)36-37(28,29)32-2-5-8(23)10(25)14(34-5)21-3-18-6-12(21)19-16(17)20-13(6)27;15-14-17-11-8(12(23)18-14)16-6-20(11)13-10(22)9(21)7(28-13)5-27-29(24,25)19-1-3-26-4-2-19;1-4-7(5-2)6-3;1-2-3(7)4(8)5(9)6(13-2)14-15(10,11)12;1-2/h3-5,7-11,14-15,22-26H,2H2,1H3,(H,28,29)(H,30,31)(H3,17,19,20,27);6-7,9-10,13,21-22H,1-5H2,(H,24,25)(H3,15,17,18,23);4-6H2,1-3H3;2-9H,1H3,(H2,10,11,12);1-2H3/p-2/t4?,5-,7-,8+,9+,10?,11?,14-,15-;7-,9+,10?,13-;;2?,3-,4+,5?,6-;/m11.1./s1. The Morgan fingerprint density at radius 2 is 0.989 bits per heavy atom. The molecule has 0 amide bonds. The third-order valence-corrected chi connectivity index (χ3v) is 18.5. The predicted octanol–water partition coefficient (Wildman–Crippen LogP) is -6.80. The van der Waals surface area contributed by atoms with Crippen molar-refractivity contribution < 1.29 is 140 Å². The van der Waals surface area contributed by atoms with Crippen LogP contribution in [-0.2, 0) is 64.4 Å². The Morgan fingerprint density at radius 3 is 1.37 bits per heavy atom. The zero-order valence-corrected chi connectivity index (χ0v) is 53.2. The van der Waals surface area contributed by atoms with Crippen molar-refractivity contribution >= 4 is 65.4 Å². The molecule has 91 heavy (non-hydrogen) atoms. The van der Waals surface area contributed by atoms with E-state index in [1.165, 1.54) is 49.0 Å². The summed E-state index contributed by atoms with van der Waals surface area (Å²) in [5.41, 5.74) is 9.56. The van der Waals surface area contributed by atoms with Gasteiger partial charge in [-0.1, -0.05) is 34.6 Å². The molecule has 522 valence electrons. The summed E-state index contributed by atoms with van der Waals surface area (Å²) in [6.45, 7) is 16.3. The zero-order chi connectivity index (χ0) is 68.4. The molecule has 5 aliphatic heterocycles. The maximum absolute atomic E-state index is 12.4. The topological polar surface area (TPSA) is 655 Å². The zero-order valence-electron chi connectivity index (χ0n) is 49.6. The number of phosphoric acid groups is 3. The molecule has 0 aromatic carbocycles. The van der Waals surface area contributed by atoms with Gasteiger partial charge in [0.25, 0.3) is 26.8 Å². The van der Waals surface area contributed by atoms with Crippen LogP contribution in [0.15, 0.2) is 22.2 Å². The molecule has 9 rings (SSSR count). The van der Waals surface area contributed by atoms with Gasteiger partial charge in [0.15, 0.2) is 47.4 Å². The van der Waals surface area contributed by atoms with Crippen LogP contribution in [0.5, 0.6) is 0 Å². The van der Waals surface area contributed by atoms with Gasteiger partial charge in [-0.05, 0) is 33.5 Å². The highest BCUT2D eigenvalue weighted by Gasteiger charge is 2.49. The number of nitrogen functional groups attached to an aromatic ring is 2. The summed E-state index contributed by atoms with van der Waals surface area (Å²) in [6, 6.07) is 0. The summed E-state index contributed by atoms with van der Waals surface area (Å²) in [4.78, 5) is 97.7. The van der Waals surface area contributed by atoms with Gasteiger partial charge in [-0.25, -0.2) is 28.1 Å². The number of aromatic nitrogens is 8. The number of imidazole rings is 2. The summed E-state index contributed by atoms with van der Waals surface area (Å²) in [5.74, 6) is -0.430. The number of aliphatic hydroxyl groups excluding tert-OH is 10. The Labute approximate surface area is 515 Å². The quantitative estimate of drug-likeness (QED) is 0.0412. The summed E-state index contributed by atoms with van der Waals surface area (Å²) in [6.07, 6.45) is -25.4. The van der Waals surface area contributed by atoms with Crippen molar-refractivity contribution in [2.24, 2.45) is 0 Å². The van der Waals surface area contributed by atoms with Crippen LogP contribution >= 0.6 is 31.2 Å². The van der Waals surface area contributed by atoms with Crippen LogP contribution in [0.4, 0.5) is 11.9 Å². The molecule has 47 heteroatoms. The number of hydrogen-bond donors (Lipinski definition) is 17. The van der Waals surface area contributed by atoms with Crippen molar-refractivity contribution in [3.05, 3.63) is 33.4 Å². The molecule has 43 nitrogen and oxygen atoms in total. The molecule has 0 saturated carbocycles. The Bertz CT molecular complexity index is 3280. The molecule has 21 atom stereocenters. The minimum atomic E-state index is -5.82. The van der Waals surface area contributed by atoms with E-state index in [1.54, 1.807) is 0 Å². The fraction of sp³-hybridized carbons (Fsp3) is 0.773. The van der Waals surface area contributed by atoms with Crippen molar-refractivity contribution in [3.8, 4) is 0 Å². The molecule has 0 radical (unpaired) electrons. The normalized spacial score (nSPS) is 33.2. The average Bonchev–Trinajstić information content (AvgIpc) is 1.65. The predicted molar refractivity (Wildman–Crippen MR) is 301 cm³/mol. The lowest BCUT2D eigenvalue weighted by atomic mass is 10.0. The molecule has 5 fully saturated rings. The van der Waals surface area contributed by atoms with E-state index in [1.807, 2.05) is 13.8 Å². The molecular formula is C44H78N12O31P4-2. The Morgan fingerprint density at radius 1 is 0.593 bits per heavy atom. The number of nitrogens with two attached hydrogens (primary N) is 2. The first-order valence-electron chi connectivity index (χ1n) is 27.7. The molecule has 0 aliphatic carbocycles. The van der Waals surface area contributed by atoms with E-state index in [-0.39, 0.29) is 47.3 Å². The van der Waals surface area contributed by atoms with E-state index in [4.69, 9.17) is 49.5 Å². The number of fused-ring (bicyclic) bond motifs is 2. The molecule has 19 N–H and O–H groups in total. The van der Waals surface area contributed by atoms with E-state index in [0.29, 0.717) is 13.2 Å². The molecule has 4 aromatic heterocycles. The number of ether oxygens (including phenoxy) is 5. The second-order valence-electron chi connectivity index (χ2n) is 20.0. The van der Waals surface area contributed by atoms with E-state index >= 15 is 0 Å². The van der Waals surface area contributed by atoms with E-state index in [9.17, 15) is 93.6 Å². The molecule has 9 unspecified atom stereocenters. The largest absolute Gasteiger partial charge is 0.756 e. The lowest BCUT2D eigenvalue weighted by Gasteiger charge is -2.41. The number of hydrogen-bond acceptors (Lipinski definition) is 35. The van der Waals surface area contributed by atoms with Crippen molar-refractivity contribution in [2.75, 3.05) is 70.6 Å². The number of phosphoric ester groups is 3. The number of rotatable bonds is 18. The van der Waals surface area contributed by atoms with Gasteiger partial charge in [-0.3, -0.25) is 51.4 Å². The minimum Gasteiger partial charge on any atom is -0.756 e. The van der Waals surface area contributed by atoms with Crippen molar-refractivity contribution in [1.29, 1.82) is 0 Å².